The van der Waals surface area contributed by atoms with Crippen molar-refractivity contribution in [3.05, 3.63) is 68.8 Å². The van der Waals surface area contributed by atoms with E-state index in [2.05, 4.69) is 15.9 Å². The molecule has 0 bridgehead atoms. The maximum Gasteiger partial charge on any atom is 0.294 e. The number of primary amides is 1. The van der Waals surface area contributed by atoms with E-state index in [-0.39, 0.29) is 17.3 Å². The zero-order valence-electron chi connectivity index (χ0n) is 14.4. The summed E-state index contributed by atoms with van der Waals surface area (Å²) in [5.74, 6) is -1.05. The lowest BCUT2D eigenvalue weighted by molar-refractivity contribution is -0.127. The number of benzene rings is 2. The summed E-state index contributed by atoms with van der Waals surface area (Å²) in [5.41, 5.74) is 6.55. The first-order valence-electron chi connectivity index (χ1n) is 8.04. The predicted octanol–water partition coefficient (Wildman–Crippen LogP) is 3.69. The van der Waals surface area contributed by atoms with E-state index in [9.17, 15) is 18.8 Å². The lowest BCUT2D eigenvalue weighted by Gasteiger charge is -2.09. The molecule has 9 heteroatoms. The molecule has 0 atom stereocenters. The molecule has 1 saturated heterocycles. The van der Waals surface area contributed by atoms with E-state index in [1.54, 1.807) is 36.4 Å². The quantitative estimate of drug-likeness (QED) is 0.658. The van der Waals surface area contributed by atoms with Crippen LogP contribution in [0.5, 0.6) is 5.75 Å². The zero-order valence-corrected chi connectivity index (χ0v) is 16.8. The van der Waals surface area contributed by atoms with Crippen LogP contribution < -0.4 is 10.5 Å². The second kappa shape index (κ2) is 8.57. The van der Waals surface area contributed by atoms with E-state index in [0.29, 0.717) is 15.8 Å². The van der Waals surface area contributed by atoms with Crippen LogP contribution in [0.2, 0.25) is 0 Å². The average Bonchev–Trinajstić information content (AvgIpc) is 2.89. The first-order chi connectivity index (χ1) is 13.3. The van der Waals surface area contributed by atoms with Crippen LogP contribution in [0.1, 0.15) is 11.1 Å². The summed E-state index contributed by atoms with van der Waals surface area (Å²) in [5, 5.41) is -0.534. The van der Waals surface area contributed by atoms with Crippen molar-refractivity contribution in [2.75, 3.05) is 6.54 Å². The molecule has 0 saturated carbocycles. The number of thioether (sulfide) groups is 1. The van der Waals surface area contributed by atoms with Gasteiger partial charge in [-0.3, -0.25) is 19.3 Å². The molecule has 2 aromatic carbocycles. The fraction of sp³-hybridized carbons (Fsp3) is 0.105. The Labute approximate surface area is 172 Å². The van der Waals surface area contributed by atoms with Gasteiger partial charge in [0, 0.05) is 0 Å². The highest BCUT2D eigenvalue weighted by Gasteiger charge is 2.35. The number of imide groups is 1. The second-order valence-electron chi connectivity index (χ2n) is 5.84. The van der Waals surface area contributed by atoms with Crippen molar-refractivity contribution in [2.45, 2.75) is 6.61 Å². The Kier molecular flexibility index (Phi) is 6.15. The molecule has 1 heterocycles. The van der Waals surface area contributed by atoms with Crippen LogP contribution in [0.4, 0.5) is 9.18 Å². The number of nitrogens with two attached hydrogens (primary N) is 1. The van der Waals surface area contributed by atoms with Gasteiger partial charge in [-0.15, -0.1) is 0 Å². The van der Waals surface area contributed by atoms with Crippen LogP contribution in [0.3, 0.4) is 0 Å². The second-order valence-corrected chi connectivity index (χ2v) is 7.69. The van der Waals surface area contributed by atoms with E-state index < -0.39 is 23.6 Å². The van der Waals surface area contributed by atoms with E-state index >= 15 is 0 Å². The summed E-state index contributed by atoms with van der Waals surface area (Å²) in [4.78, 5) is 36.1. The summed E-state index contributed by atoms with van der Waals surface area (Å²) < 4.78 is 19.3. The van der Waals surface area contributed by atoms with Gasteiger partial charge >= 0.3 is 0 Å². The molecule has 0 aliphatic carbocycles. The number of hydrogen-bond donors (Lipinski definition) is 1. The number of ether oxygens (including phenoxy) is 1. The number of nitrogens with zero attached hydrogens (tertiary/aromatic N) is 1. The minimum Gasteiger partial charge on any atom is -0.488 e. The Morgan fingerprint density at radius 1 is 1.21 bits per heavy atom. The minimum absolute atomic E-state index is 0.207. The van der Waals surface area contributed by atoms with Crippen LogP contribution >= 0.6 is 27.7 Å². The summed E-state index contributed by atoms with van der Waals surface area (Å²) in [6.07, 6.45) is 1.56. The van der Waals surface area contributed by atoms with Gasteiger partial charge in [0.2, 0.25) is 5.91 Å². The largest absolute Gasteiger partial charge is 0.488 e. The van der Waals surface area contributed by atoms with E-state index in [4.69, 9.17) is 10.5 Å². The van der Waals surface area contributed by atoms with Gasteiger partial charge in [-0.1, -0.05) is 18.2 Å². The summed E-state index contributed by atoms with van der Waals surface area (Å²) in [6, 6.07) is 11.2. The molecule has 1 fully saturated rings. The molecular weight excluding hydrogens is 451 g/mol. The number of carbonyl (C=O) groups is 3. The van der Waals surface area contributed by atoms with Gasteiger partial charge in [-0.05, 0) is 69.2 Å². The van der Waals surface area contributed by atoms with Crippen LogP contribution in [0.25, 0.3) is 6.08 Å². The third kappa shape index (κ3) is 4.79. The van der Waals surface area contributed by atoms with Gasteiger partial charge in [-0.2, -0.15) is 0 Å². The SMILES string of the molecule is NC(=O)CN1C(=O)S/C(=C\c2ccc(OCc3ccc(F)cc3)c(Br)c2)C1=O. The first-order valence-corrected chi connectivity index (χ1v) is 9.65. The molecule has 1 aliphatic heterocycles. The van der Waals surface area contributed by atoms with Gasteiger partial charge in [-0.25, -0.2) is 4.39 Å². The van der Waals surface area contributed by atoms with Crippen molar-refractivity contribution < 1.29 is 23.5 Å². The van der Waals surface area contributed by atoms with E-state index in [0.717, 1.165) is 22.2 Å². The Morgan fingerprint density at radius 3 is 2.57 bits per heavy atom. The molecule has 0 radical (unpaired) electrons. The smallest absolute Gasteiger partial charge is 0.294 e. The fourth-order valence-electron chi connectivity index (χ4n) is 2.41. The monoisotopic (exact) mass is 464 g/mol. The molecule has 2 N–H and O–H groups in total. The van der Waals surface area contributed by atoms with E-state index in [1.807, 2.05) is 0 Å². The normalized spacial score (nSPS) is 15.4. The van der Waals surface area contributed by atoms with Crippen molar-refractivity contribution in [1.29, 1.82) is 0 Å². The maximum atomic E-state index is 12.9. The summed E-state index contributed by atoms with van der Waals surface area (Å²) in [7, 11) is 0. The first kappa shape index (κ1) is 20.1. The molecule has 3 rings (SSSR count). The Hall–Kier alpha value is -2.65. The molecule has 0 spiro atoms. The molecule has 2 aromatic rings. The number of rotatable bonds is 6. The fourth-order valence-corrected chi connectivity index (χ4v) is 3.76. The van der Waals surface area contributed by atoms with E-state index in [1.165, 1.54) is 12.1 Å². The molecule has 0 unspecified atom stereocenters. The van der Waals surface area contributed by atoms with Gasteiger partial charge in [0.05, 0.1) is 9.38 Å². The van der Waals surface area contributed by atoms with Crippen LogP contribution in [0, 0.1) is 5.82 Å². The number of carbonyl (C=O) groups excluding carboxylic acids is 3. The van der Waals surface area contributed by atoms with Crippen molar-refractivity contribution in [3.8, 4) is 5.75 Å². The topological polar surface area (TPSA) is 89.7 Å². The highest BCUT2D eigenvalue weighted by Crippen LogP contribution is 2.33. The Bertz CT molecular complexity index is 978. The van der Waals surface area contributed by atoms with Crippen LogP contribution in [0.15, 0.2) is 51.8 Å². The highest BCUT2D eigenvalue weighted by atomic mass is 79.9. The Morgan fingerprint density at radius 2 is 1.93 bits per heavy atom. The predicted molar refractivity (Wildman–Crippen MR) is 107 cm³/mol. The maximum absolute atomic E-state index is 12.9. The summed E-state index contributed by atoms with van der Waals surface area (Å²) in [6.45, 7) is -0.175. The van der Waals surface area contributed by atoms with Gasteiger partial charge < -0.3 is 10.5 Å². The zero-order chi connectivity index (χ0) is 20.3. The van der Waals surface area contributed by atoms with Crippen molar-refractivity contribution in [3.63, 3.8) is 0 Å². The molecule has 0 aromatic heterocycles. The number of halogens is 2. The Balaban J connectivity index is 1.71. The lowest BCUT2D eigenvalue weighted by atomic mass is 10.2. The van der Waals surface area contributed by atoms with Crippen LogP contribution in [-0.4, -0.2) is 28.5 Å². The van der Waals surface area contributed by atoms with Gasteiger partial charge in [0.15, 0.2) is 0 Å². The van der Waals surface area contributed by atoms with Crippen LogP contribution in [-0.2, 0) is 16.2 Å². The average molecular weight is 465 g/mol. The number of amides is 3. The molecule has 1 aliphatic rings. The van der Waals surface area contributed by atoms with Gasteiger partial charge in [0.25, 0.3) is 11.1 Å². The standard InChI is InChI=1S/C19H14BrFN2O4S/c20-14-7-12(8-16-18(25)23(9-17(22)24)19(26)28-16)3-6-15(14)27-10-11-1-4-13(21)5-2-11/h1-8H,9-10H2,(H2,22,24)/b16-8-. The number of hydrogen-bond acceptors (Lipinski definition) is 5. The van der Waals surface area contributed by atoms with Crippen molar-refractivity contribution in [2.24, 2.45) is 5.73 Å². The minimum atomic E-state index is -0.756. The molecule has 28 heavy (non-hydrogen) atoms. The summed E-state index contributed by atoms with van der Waals surface area (Å²) >= 11 is 4.16. The van der Waals surface area contributed by atoms with Gasteiger partial charge in [0.1, 0.15) is 24.7 Å². The lowest BCUT2D eigenvalue weighted by Crippen LogP contribution is -2.36. The third-order valence-electron chi connectivity index (χ3n) is 3.75. The third-order valence-corrected chi connectivity index (χ3v) is 5.28. The van der Waals surface area contributed by atoms with Crippen molar-refractivity contribution in [1.82, 2.24) is 4.90 Å². The highest BCUT2D eigenvalue weighted by molar-refractivity contribution is 9.10. The molecule has 144 valence electrons. The molecule has 3 amide bonds. The molecular formula is C19H14BrFN2O4S. The van der Waals surface area contributed by atoms with Crippen molar-refractivity contribution >= 4 is 50.8 Å². The molecule has 6 nitrogen and oxygen atoms in total.